The Labute approximate surface area is 162 Å². The third kappa shape index (κ3) is 2.67. The molecule has 0 bridgehead atoms. The summed E-state index contributed by atoms with van der Waals surface area (Å²) in [6, 6.07) is 0. The number of phosphoric acid groups is 1. The average Bonchev–Trinajstić information content (AvgIpc) is 3.23. The van der Waals surface area contributed by atoms with E-state index in [9.17, 15) is 14.6 Å². The van der Waals surface area contributed by atoms with Crippen LogP contribution in [0.4, 0.5) is 0 Å². The molecule has 3 aromatic rings. The minimum atomic E-state index is -4.41. The number of rotatable bonds is 1. The summed E-state index contributed by atoms with van der Waals surface area (Å²) in [4.78, 5) is 24.2. The fourth-order valence-electron chi connectivity index (χ4n) is 3.09. The number of nitrogens with zero attached hydrogens (tertiary/aromatic N) is 5. The van der Waals surface area contributed by atoms with E-state index in [0.29, 0.717) is 16.8 Å². The molecule has 0 amide bonds. The number of fused-ring (bicyclic) bond motifs is 4. The number of ether oxygens (including phenoxy) is 1. The zero-order chi connectivity index (χ0) is 16.5. The largest absolute Gasteiger partial charge is 1.00 e. The summed E-state index contributed by atoms with van der Waals surface area (Å²) in [5.41, 5.74) is 1.62. The van der Waals surface area contributed by atoms with E-state index in [4.69, 9.17) is 9.26 Å². The van der Waals surface area contributed by atoms with Crippen LogP contribution in [0.5, 0.6) is 0 Å². The van der Waals surface area contributed by atoms with Crippen LogP contribution in [0.15, 0.2) is 25.0 Å². The molecule has 0 spiro atoms. The summed E-state index contributed by atoms with van der Waals surface area (Å²) in [7, 11) is -4.41. The van der Waals surface area contributed by atoms with Crippen LogP contribution in [0.3, 0.4) is 0 Å². The van der Waals surface area contributed by atoms with Crippen LogP contribution >= 0.6 is 7.82 Å². The summed E-state index contributed by atoms with van der Waals surface area (Å²) < 4.78 is 29.9. The molecular weight excluding hydrogens is 364 g/mol. The molecule has 2 fully saturated rings. The molecule has 25 heavy (non-hydrogen) atoms. The smallest absolute Gasteiger partial charge is 0.756 e. The standard InChI is InChI=1S/C12H12N5O6P.Na/c18-8-9-6(3-21-24(19,20)23-9)22-12(8)17-5-14-7-10-13-1-2-16(10)4-15-11(7)17;/h1-2,4-6,8-9,12,18H,3H2,(H,19,20);/q;+1/p-1. The number of aromatic nitrogens is 5. The Kier molecular flexibility index (Phi) is 4.27. The second-order valence-corrected chi connectivity index (χ2v) is 6.96. The van der Waals surface area contributed by atoms with Crippen LogP contribution in [0, 0.1) is 0 Å². The van der Waals surface area contributed by atoms with Gasteiger partial charge in [0, 0.05) is 12.4 Å². The molecule has 5 unspecified atom stereocenters. The first-order valence-electron chi connectivity index (χ1n) is 7.15. The predicted molar refractivity (Wildman–Crippen MR) is 74.6 cm³/mol. The number of aliphatic hydroxyl groups is 1. The van der Waals surface area contributed by atoms with Crippen molar-refractivity contribution in [3.8, 4) is 0 Å². The quantitative estimate of drug-likeness (QED) is 0.336. The molecule has 3 aromatic heterocycles. The molecule has 2 saturated heterocycles. The number of hydrogen-bond acceptors (Lipinski definition) is 9. The Morgan fingerprint density at radius 2 is 2.12 bits per heavy atom. The minimum absolute atomic E-state index is 0. The van der Waals surface area contributed by atoms with Crippen LogP contribution in [-0.4, -0.2) is 53.9 Å². The van der Waals surface area contributed by atoms with E-state index in [-0.39, 0.29) is 36.2 Å². The van der Waals surface area contributed by atoms with Crippen molar-refractivity contribution in [2.45, 2.75) is 24.5 Å². The molecular formula is C12H11N5NaO6P. The van der Waals surface area contributed by atoms with E-state index in [0.717, 1.165) is 0 Å². The molecule has 5 rings (SSSR count). The zero-order valence-corrected chi connectivity index (χ0v) is 15.9. The molecule has 0 saturated carbocycles. The van der Waals surface area contributed by atoms with Gasteiger partial charge in [-0.25, -0.2) is 15.0 Å². The number of imidazole rings is 2. The van der Waals surface area contributed by atoms with E-state index < -0.39 is 32.4 Å². The average molecular weight is 375 g/mol. The van der Waals surface area contributed by atoms with Gasteiger partial charge in [-0.05, 0) is 0 Å². The number of phosphoric ester groups is 1. The van der Waals surface area contributed by atoms with Crippen LogP contribution in [-0.2, 0) is 18.3 Å². The Morgan fingerprint density at radius 3 is 2.96 bits per heavy atom. The van der Waals surface area contributed by atoms with Gasteiger partial charge in [0.25, 0.3) is 7.82 Å². The molecule has 0 radical (unpaired) electrons. The number of aliphatic hydroxyl groups excluding tert-OH is 1. The third-order valence-corrected chi connectivity index (χ3v) is 5.15. The second kappa shape index (κ2) is 6.08. The second-order valence-electron chi connectivity index (χ2n) is 5.60. The maximum atomic E-state index is 11.4. The topological polar surface area (TPSA) is 136 Å². The molecule has 1 N–H and O–H groups in total. The van der Waals surface area contributed by atoms with Gasteiger partial charge in [-0.1, -0.05) is 0 Å². The van der Waals surface area contributed by atoms with Crippen molar-refractivity contribution in [3.05, 3.63) is 25.0 Å². The summed E-state index contributed by atoms with van der Waals surface area (Å²) in [6.45, 7) is -0.205. The fraction of sp³-hybridized carbons (Fsp3) is 0.417. The predicted octanol–water partition coefficient (Wildman–Crippen LogP) is -3.77. The van der Waals surface area contributed by atoms with Crippen LogP contribution in [0.2, 0.25) is 0 Å². The molecule has 2 aliphatic rings. The van der Waals surface area contributed by atoms with Gasteiger partial charge in [-0.3, -0.25) is 13.5 Å². The van der Waals surface area contributed by atoms with Gasteiger partial charge in [0.15, 0.2) is 23.0 Å². The first-order valence-corrected chi connectivity index (χ1v) is 8.61. The van der Waals surface area contributed by atoms with E-state index >= 15 is 0 Å². The van der Waals surface area contributed by atoms with Crippen LogP contribution in [0.1, 0.15) is 6.23 Å². The maximum Gasteiger partial charge on any atom is 1.00 e. The Balaban J connectivity index is 0.00000157. The molecule has 5 heterocycles. The van der Waals surface area contributed by atoms with Gasteiger partial charge < -0.3 is 23.8 Å². The van der Waals surface area contributed by atoms with Crippen molar-refractivity contribution in [2.75, 3.05) is 6.61 Å². The summed E-state index contributed by atoms with van der Waals surface area (Å²) in [6.07, 6.45) is 2.58. The van der Waals surface area contributed by atoms with Crippen molar-refractivity contribution in [1.29, 1.82) is 0 Å². The molecule has 0 aromatic carbocycles. The summed E-state index contributed by atoms with van der Waals surface area (Å²) in [5, 5.41) is 10.5. The van der Waals surface area contributed by atoms with Crippen LogP contribution < -0.4 is 34.5 Å². The monoisotopic (exact) mass is 375 g/mol. The summed E-state index contributed by atoms with van der Waals surface area (Å²) in [5.74, 6) is 0. The van der Waals surface area contributed by atoms with Crippen molar-refractivity contribution in [2.24, 2.45) is 0 Å². The molecule has 5 atom stereocenters. The van der Waals surface area contributed by atoms with Crippen molar-refractivity contribution in [1.82, 2.24) is 23.9 Å². The Bertz CT molecular complexity index is 993. The molecule has 11 nitrogen and oxygen atoms in total. The van der Waals surface area contributed by atoms with Gasteiger partial charge in [0.1, 0.15) is 24.6 Å². The van der Waals surface area contributed by atoms with E-state index in [1.54, 1.807) is 23.1 Å². The molecule has 0 aliphatic carbocycles. The summed E-state index contributed by atoms with van der Waals surface area (Å²) >= 11 is 0. The fourth-order valence-corrected chi connectivity index (χ4v) is 4.04. The number of hydrogen-bond donors (Lipinski definition) is 1. The van der Waals surface area contributed by atoms with Gasteiger partial charge in [0.05, 0.1) is 12.9 Å². The van der Waals surface area contributed by atoms with Gasteiger partial charge in [0.2, 0.25) is 0 Å². The van der Waals surface area contributed by atoms with Crippen LogP contribution in [0.25, 0.3) is 16.8 Å². The van der Waals surface area contributed by atoms with Crippen molar-refractivity contribution >= 4 is 24.6 Å². The molecule has 13 heteroatoms. The first kappa shape index (κ1) is 17.5. The Morgan fingerprint density at radius 1 is 1.28 bits per heavy atom. The van der Waals surface area contributed by atoms with Gasteiger partial charge in [-0.2, -0.15) is 0 Å². The zero-order valence-electron chi connectivity index (χ0n) is 13.0. The normalized spacial score (nSPS) is 35.0. The van der Waals surface area contributed by atoms with Gasteiger partial charge >= 0.3 is 29.6 Å². The molecule has 126 valence electrons. The molecule has 2 aliphatic heterocycles. The van der Waals surface area contributed by atoms with E-state index in [1.807, 2.05) is 0 Å². The van der Waals surface area contributed by atoms with Gasteiger partial charge in [-0.15, -0.1) is 0 Å². The first-order chi connectivity index (χ1) is 11.5. The van der Waals surface area contributed by atoms with E-state index in [2.05, 4.69) is 19.5 Å². The van der Waals surface area contributed by atoms with Crippen molar-refractivity contribution in [3.63, 3.8) is 0 Å². The maximum absolute atomic E-state index is 11.4. The third-order valence-electron chi connectivity index (χ3n) is 4.18. The van der Waals surface area contributed by atoms with E-state index in [1.165, 1.54) is 10.9 Å². The Hall–Kier alpha value is -0.880. The SMILES string of the molecule is O=P1([O-])OCC2OC(n3cnc4c3ncn3ccnc43)C(O)C2O1.[Na+]. The minimum Gasteiger partial charge on any atom is -0.756 e. The van der Waals surface area contributed by atoms with Crippen molar-refractivity contribution < 1.29 is 57.9 Å².